The van der Waals surface area contributed by atoms with Crippen LogP contribution in [0.5, 0.6) is 5.75 Å². The predicted molar refractivity (Wildman–Crippen MR) is 107 cm³/mol. The van der Waals surface area contributed by atoms with E-state index in [1.54, 1.807) is 12.1 Å². The summed E-state index contributed by atoms with van der Waals surface area (Å²) in [6.07, 6.45) is 1.03. The van der Waals surface area contributed by atoms with Crippen molar-refractivity contribution in [3.05, 3.63) is 99.6 Å². The summed E-state index contributed by atoms with van der Waals surface area (Å²) in [7, 11) is 0. The molecule has 0 saturated carbocycles. The van der Waals surface area contributed by atoms with E-state index in [0.717, 1.165) is 29.0 Å². The van der Waals surface area contributed by atoms with Gasteiger partial charge >= 0.3 is 0 Å². The molecule has 0 aliphatic heterocycles. The second-order valence-electron chi connectivity index (χ2n) is 6.22. The topological polar surface area (TPSA) is 64.4 Å². The average Bonchev–Trinajstić information content (AvgIpc) is 2.72. The van der Waals surface area contributed by atoms with E-state index in [0.29, 0.717) is 13.2 Å². The second kappa shape index (κ2) is 8.85. The first-order chi connectivity index (χ1) is 13.2. The number of non-ortho nitro benzene ring substituents is 1. The molecule has 0 aliphatic rings. The molecule has 0 aromatic heterocycles. The molecule has 0 heterocycles. The summed E-state index contributed by atoms with van der Waals surface area (Å²) in [6.45, 7) is 3.16. The van der Waals surface area contributed by atoms with Gasteiger partial charge in [-0.15, -0.1) is 0 Å². The van der Waals surface area contributed by atoms with Gasteiger partial charge in [0.2, 0.25) is 0 Å². The standard InChI is InChI=1S/C22H22N2O3/c1-2-17-7-11-20(12-8-17)23-15-19-5-3-4-6-22(19)27-16-18-9-13-21(14-10-18)24(25)26/h3-14,23H,2,15-16H2,1H3. The number of hydrogen-bond donors (Lipinski definition) is 1. The number of aryl methyl sites for hydroxylation is 1. The Balaban J connectivity index is 1.62. The van der Waals surface area contributed by atoms with Crippen molar-refractivity contribution in [1.82, 2.24) is 0 Å². The molecule has 5 nitrogen and oxygen atoms in total. The van der Waals surface area contributed by atoms with Crippen LogP contribution in [0.1, 0.15) is 23.6 Å². The fourth-order valence-electron chi connectivity index (χ4n) is 2.72. The van der Waals surface area contributed by atoms with E-state index in [1.807, 2.05) is 24.3 Å². The normalized spacial score (nSPS) is 10.4. The maximum Gasteiger partial charge on any atom is 0.269 e. The van der Waals surface area contributed by atoms with Crippen molar-refractivity contribution >= 4 is 11.4 Å². The minimum absolute atomic E-state index is 0.0810. The Bertz CT molecular complexity index is 890. The number of rotatable bonds is 8. The van der Waals surface area contributed by atoms with Gasteiger partial charge in [-0.05, 0) is 47.9 Å². The molecule has 3 rings (SSSR count). The zero-order valence-corrected chi connectivity index (χ0v) is 15.2. The highest BCUT2D eigenvalue weighted by atomic mass is 16.6. The van der Waals surface area contributed by atoms with Crippen molar-refractivity contribution < 1.29 is 9.66 Å². The molecule has 3 aromatic carbocycles. The molecule has 1 N–H and O–H groups in total. The number of nitro benzene ring substituents is 1. The van der Waals surface area contributed by atoms with Crippen LogP contribution in [-0.2, 0) is 19.6 Å². The van der Waals surface area contributed by atoms with Gasteiger partial charge in [0.1, 0.15) is 12.4 Å². The first-order valence-corrected chi connectivity index (χ1v) is 8.92. The SMILES string of the molecule is CCc1ccc(NCc2ccccc2OCc2ccc([N+](=O)[O-])cc2)cc1. The van der Waals surface area contributed by atoms with Crippen LogP contribution >= 0.6 is 0 Å². The van der Waals surface area contributed by atoms with Gasteiger partial charge in [0.15, 0.2) is 0 Å². The molecule has 0 atom stereocenters. The van der Waals surface area contributed by atoms with Gasteiger partial charge in [-0.3, -0.25) is 10.1 Å². The smallest absolute Gasteiger partial charge is 0.269 e. The van der Waals surface area contributed by atoms with E-state index in [-0.39, 0.29) is 5.69 Å². The minimum Gasteiger partial charge on any atom is -0.489 e. The van der Waals surface area contributed by atoms with Crippen LogP contribution in [0.2, 0.25) is 0 Å². The number of anilines is 1. The summed E-state index contributed by atoms with van der Waals surface area (Å²) < 4.78 is 5.94. The third kappa shape index (κ3) is 5.07. The number of nitro groups is 1. The van der Waals surface area contributed by atoms with Crippen molar-refractivity contribution in [3.63, 3.8) is 0 Å². The number of nitrogens with zero attached hydrogens (tertiary/aromatic N) is 1. The molecular weight excluding hydrogens is 340 g/mol. The van der Waals surface area contributed by atoms with Crippen LogP contribution in [-0.4, -0.2) is 4.92 Å². The number of para-hydroxylation sites is 1. The largest absolute Gasteiger partial charge is 0.489 e. The van der Waals surface area contributed by atoms with Gasteiger partial charge in [0, 0.05) is 29.9 Å². The maximum atomic E-state index is 10.7. The Morgan fingerprint density at radius 2 is 1.59 bits per heavy atom. The van der Waals surface area contributed by atoms with Crippen molar-refractivity contribution in [3.8, 4) is 5.75 Å². The molecule has 0 fully saturated rings. The second-order valence-corrected chi connectivity index (χ2v) is 6.22. The summed E-state index contributed by atoms with van der Waals surface area (Å²) in [5.74, 6) is 0.800. The predicted octanol–water partition coefficient (Wildman–Crippen LogP) is 5.35. The average molecular weight is 362 g/mol. The van der Waals surface area contributed by atoms with Gasteiger partial charge in [-0.1, -0.05) is 37.3 Å². The van der Waals surface area contributed by atoms with Crippen molar-refractivity contribution in [2.24, 2.45) is 0 Å². The molecule has 138 valence electrons. The molecule has 0 amide bonds. The first-order valence-electron chi connectivity index (χ1n) is 8.92. The van der Waals surface area contributed by atoms with Crippen molar-refractivity contribution in [2.45, 2.75) is 26.5 Å². The zero-order valence-electron chi connectivity index (χ0n) is 15.2. The summed E-state index contributed by atoms with van der Waals surface area (Å²) in [4.78, 5) is 10.3. The Labute approximate surface area is 158 Å². The number of hydrogen-bond acceptors (Lipinski definition) is 4. The van der Waals surface area contributed by atoms with E-state index in [4.69, 9.17) is 4.74 Å². The van der Waals surface area contributed by atoms with Gasteiger partial charge in [-0.25, -0.2) is 0 Å². The highest BCUT2D eigenvalue weighted by molar-refractivity contribution is 5.46. The molecular formula is C22H22N2O3. The molecule has 3 aromatic rings. The van der Waals surface area contributed by atoms with Crippen LogP contribution in [0, 0.1) is 10.1 Å². The van der Waals surface area contributed by atoms with Crippen LogP contribution in [0.15, 0.2) is 72.8 Å². The van der Waals surface area contributed by atoms with Gasteiger partial charge in [0.05, 0.1) is 4.92 Å². The van der Waals surface area contributed by atoms with Crippen LogP contribution in [0.4, 0.5) is 11.4 Å². The molecule has 0 radical (unpaired) electrons. The highest BCUT2D eigenvalue weighted by Gasteiger charge is 2.06. The van der Waals surface area contributed by atoms with Crippen LogP contribution in [0.3, 0.4) is 0 Å². The van der Waals surface area contributed by atoms with Crippen LogP contribution in [0.25, 0.3) is 0 Å². The lowest BCUT2D eigenvalue weighted by molar-refractivity contribution is -0.384. The summed E-state index contributed by atoms with van der Waals surface area (Å²) in [6, 6.07) is 22.7. The lowest BCUT2D eigenvalue weighted by Gasteiger charge is -2.13. The van der Waals surface area contributed by atoms with Gasteiger partial charge in [-0.2, -0.15) is 0 Å². The van der Waals surface area contributed by atoms with E-state index in [2.05, 4.69) is 36.5 Å². The van der Waals surface area contributed by atoms with Gasteiger partial charge < -0.3 is 10.1 Å². The Morgan fingerprint density at radius 3 is 2.26 bits per heavy atom. The minimum atomic E-state index is -0.404. The molecule has 0 saturated heterocycles. The fraction of sp³-hybridized carbons (Fsp3) is 0.182. The maximum absolute atomic E-state index is 10.7. The third-order valence-corrected chi connectivity index (χ3v) is 4.36. The number of nitrogens with one attached hydrogen (secondary N) is 1. The Hall–Kier alpha value is -3.34. The lowest BCUT2D eigenvalue weighted by atomic mass is 10.1. The number of ether oxygens (including phenoxy) is 1. The highest BCUT2D eigenvalue weighted by Crippen LogP contribution is 2.22. The van der Waals surface area contributed by atoms with E-state index in [1.165, 1.54) is 17.7 Å². The lowest BCUT2D eigenvalue weighted by Crippen LogP contribution is -2.03. The van der Waals surface area contributed by atoms with E-state index >= 15 is 0 Å². The molecule has 0 unspecified atom stereocenters. The summed E-state index contributed by atoms with van der Waals surface area (Å²) in [5, 5.41) is 14.1. The quantitative estimate of drug-likeness (QED) is 0.433. The van der Waals surface area contributed by atoms with Crippen LogP contribution < -0.4 is 10.1 Å². The molecule has 5 heteroatoms. The monoisotopic (exact) mass is 362 g/mol. The molecule has 0 aliphatic carbocycles. The first kappa shape index (κ1) is 18.5. The summed E-state index contributed by atoms with van der Waals surface area (Å²) >= 11 is 0. The van der Waals surface area contributed by atoms with Crippen molar-refractivity contribution in [1.29, 1.82) is 0 Å². The summed E-state index contributed by atoms with van der Waals surface area (Å²) in [5.41, 5.74) is 4.40. The number of benzene rings is 3. The third-order valence-electron chi connectivity index (χ3n) is 4.36. The van der Waals surface area contributed by atoms with E-state index in [9.17, 15) is 10.1 Å². The molecule has 0 spiro atoms. The van der Waals surface area contributed by atoms with Crippen molar-refractivity contribution in [2.75, 3.05) is 5.32 Å². The van der Waals surface area contributed by atoms with E-state index < -0.39 is 4.92 Å². The Morgan fingerprint density at radius 1 is 0.926 bits per heavy atom. The molecule has 27 heavy (non-hydrogen) atoms. The Kier molecular flexibility index (Phi) is 6.05. The fourth-order valence-corrected chi connectivity index (χ4v) is 2.72. The van der Waals surface area contributed by atoms with Gasteiger partial charge in [0.25, 0.3) is 5.69 Å². The zero-order chi connectivity index (χ0) is 19.1. The molecule has 0 bridgehead atoms.